The van der Waals surface area contributed by atoms with Gasteiger partial charge in [-0.25, -0.2) is 0 Å². The standard InChI is InChI=1S/C19H27ClN2O2/c1-3-11-22(12-4-2)19(24)17-13-16(17)18(23)21-10-9-14-5-7-15(20)8-6-14/h5-8,16-17H,3-4,9-13H2,1-2H3,(H,21,23). The fourth-order valence-corrected chi connectivity index (χ4v) is 3.10. The van der Waals surface area contributed by atoms with Crippen molar-refractivity contribution in [3.8, 4) is 0 Å². The summed E-state index contributed by atoms with van der Waals surface area (Å²) in [5.74, 6) is -0.0932. The van der Waals surface area contributed by atoms with Crippen LogP contribution in [-0.2, 0) is 16.0 Å². The molecule has 0 saturated heterocycles. The van der Waals surface area contributed by atoms with Crippen LogP contribution in [0.3, 0.4) is 0 Å². The van der Waals surface area contributed by atoms with Crippen molar-refractivity contribution in [2.45, 2.75) is 39.5 Å². The van der Waals surface area contributed by atoms with E-state index in [1.807, 2.05) is 29.2 Å². The van der Waals surface area contributed by atoms with Crippen LogP contribution in [0.15, 0.2) is 24.3 Å². The van der Waals surface area contributed by atoms with E-state index >= 15 is 0 Å². The number of amides is 2. The van der Waals surface area contributed by atoms with Crippen molar-refractivity contribution < 1.29 is 9.59 Å². The molecule has 2 rings (SSSR count). The molecule has 2 unspecified atom stereocenters. The molecule has 1 aromatic carbocycles. The highest BCUT2D eigenvalue weighted by atomic mass is 35.5. The number of carbonyl (C=O) groups is 2. The van der Waals surface area contributed by atoms with Gasteiger partial charge in [-0.2, -0.15) is 0 Å². The zero-order valence-corrected chi connectivity index (χ0v) is 15.3. The lowest BCUT2D eigenvalue weighted by Crippen LogP contribution is -2.35. The topological polar surface area (TPSA) is 49.4 Å². The third kappa shape index (κ3) is 5.23. The van der Waals surface area contributed by atoms with E-state index in [9.17, 15) is 9.59 Å². The first kappa shape index (κ1) is 18.8. The van der Waals surface area contributed by atoms with Crippen LogP contribution >= 0.6 is 11.6 Å². The van der Waals surface area contributed by atoms with Crippen LogP contribution in [0.1, 0.15) is 38.7 Å². The molecule has 2 atom stereocenters. The van der Waals surface area contributed by atoms with E-state index in [0.717, 1.165) is 37.9 Å². The zero-order valence-electron chi connectivity index (χ0n) is 14.6. The van der Waals surface area contributed by atoms with Gasteiger partial charge in [0.15, 0.2) is 0 Å². The first-order chi connectivity index (χ1) is 11.6. The molecule has 24 heavy (non-hydrogen) atoms. The van der Waals surface area contributed by atoms with Gasteiger partial charge in [0.05, 0.1) is 11.8 Å². The third-order valence-corrected chi connectivity index (χ3v) is 4.62. The Morgan fingerprint density at radius 3 is 2.33 bits per heavy atom. The average molecular weight is 351 g/mol. The highest BCUT2D eigenvalue weighted by Gasteiger charge is 2.49. The fraction of sp³-hybridized carbons (Fsp3) is 0.579. The Labute approximate surface area is 149 Å². The van der Waals surface area contributed by atoms with Crippen molar-refractivity contribution in [3.63, 3.8) is 0 Å². The molecule has 2 amide bonds. The van der Waals surface area contributed by atoms with Crippen molar-refractivity contribution in [2.24, 2.45) is 11.8 Å². The zero-order chi connectivity index (χ0) is 17.5. The summed E-state index contributed by atoms with van der Waals surface area (Å²) in [4.78, 5) is 26.6. The molecule has 0 heterocycles. The monoisotopic (exact) mass is 350 g/mol. The molecular weight excluding hydrogens is 324 g/mol. The summed E-state index contributed by atoms with van der Waals surface area (Å²) in [5.41, 5.74) is 1.14. The van der Waals surface area contributed by atoms with Crippen LogP contribution in [0.2, 0.25) is 5.02 Å². The van der Waals surface area contributed by atoms with Crippen LogP contribution in [0.25, 0.3) is 0 Å². The third-order valence-electron chi connectivity index (χ3n) is 4.37. The number of nitrogens with one attached hydrogen (secondary N) is 1. The maximum atomic E-state index is 12.5. The highest BCUT2D eigenvalue weighted by molar-refractivity contribution is 6.30. The summed E-state index contributed by atoms with van der Waals surface area (Å²) in [6.45, 7) is 6.31. The molecule has 1 N–H and O–H groups in total. The highest BCUT2D eigenvalue weighted by Crippen LogP contribution is 2.40. The van der Waals surface area contributed by atoms with Gasteiger partial charge in [-0.05, 0) is 43.4 Å². The minimum absolute atomic E-state index is 0.00950. The summed E-state index contributed by atoms with van der Waals surface area (Å²) < 4.78 is 0. The van der Waals surface area contributed by atoms with Gasteiger partial charge in [0.1, 0.15) is 0 Å². The van der Waals surface area contributed by atoms with Crippen LogP contribution in [0.5, 0.6) is 0 Å². The molecule has 1 saturated carbocycles. The molecule has 0 bridgehead atoms. The fourth-order valence-electron chi connectivity index (χ4n) is 2.98. The first-order valence-electron chi connectivity index (χ1n) is 8.87. The Morgan fingerprint density at radius 2 is 1.75 bits per heavy atom. The summed E-state index contributed by atoms with van der Waals surface area (Å²) in [5, 5.41) is 3.67. The van der Waals surface area contributed by atoms with Crippen molar-refractivity contribution in [3.05, 3.63) is 34.9 Å². The van der Waals surface area contributed by atoms with Gasteiger partial charge >= 0.3 is 0 Å². The molecule has 0 aromatic heterocycles. The number of rotatable bonds is 9. The van der Waals surface area contributed by atoms with Crippen LogP contribution < -0.4 is 5.32 Å². The van der Waals surface area contributed by atoms with Gasteiger partial charge in [0.2, 0.25) is 11.8 Å². The minimum Gasteiger partial charge on any atom is -0.356 e. The van der Waals surface area contributed by atoms with Crippen LogP contribution in [0.4, 0.5) is 0 Å². The largest absolute Gasteiger partial charge is 0.356 e. The van der Waals surface area contributed by atoms with Crippen molar-refractivity contribution in [1.29, 1.82) is 0 Å². The molecule has 1 aliphatic carbocycles. The maximum absolute atomic E-state index is 12.5. The quantitative estimate of drug-likeness (QED) is 0.743. The predicted octanol–water partition coefficient (Wildman–Crippen LogP) is 3.28. The molecule has 5 heteroatoms. The first-order valence-corrected chi connectivity index (χ1v) is 9.25. The number of halogens is 1. The van der Waals surface area contributed by atoms with Crippen LogP contribution in [0, 0.1) is 11.8 Å². The maximum Gasteiger partial charge on any atom is 0.226 e. The molecule has 0 aliphatic heterocycles. The van der Waals surface area contributed by atoms with E-state index < -0.39 is 0 Å². The Bertz CT molecular complexity index is 553. The van der Waals surface area contributed by atoms with E-state index in [-0.39, 0.29) is 23.7 Å². The Hall–Kier alpha value is -1.55. The molecule has 132 valence electrons. The summed E-state index contributed by atoms with van der Waals surface area (Å²) in [7, 11) is 0. The molecular formula is C19H27ClN2O2. The van der Waals surface area contributed by atoms with Crippen molar-refractivity contribution in [2.75, 3.05) is 19.6 Å². The van der Waals surface area contributed by atoms with Gasteiger partial charge in [-0.15, -0.1) is 0 Å². The van der Waals surface area contributed by atoms with Gasteiger partial charge in [-0.1, -0.05) is 37.6 Å². The minimum atomic E-state index is -0.140. The summed E-state index contributed by atoms with van der Waals surface area (Å²) in [6.07, 6.45) is 3.37. The number of carbonyl (C=O) groups excluding carboxylic acids is 2. The van der Waals surface area contributed by atoms with Crippen LogP contribution in [-0.4, -0.2) is 36.3 Å². The Balaban J connectivity index is 1.74. The predicted molar refractivity (Wildman–Crippen MR) is 96.9 cm³/mol. The molecule has 0 spiro atoms. The normalized spacial score (nSPS) is 19.0. The van der Waals surface area contributed by atoms with Crippen molar-refractivity contribution >= 4 is 23.4 Å². The van der Waals surface area contributed by atoms with E-state index in [0.29, 0.717) is 18.0 Å². The lowest BCUT2D eigenvalue weighted by molar-refractivity contribution is -0.134. The average Bonchev–Trinajstić information content (AvgIpc) is 3.36. The lowest BCUT2D eigenvalue weighted by atomic mass is 10.1. The Kier molecular flexibility index (Phi) is 7.10. The number of benzene rings is 1. The second kappa shape index (κ2) is 9.07. The molecule has 0 radical (unpaired) electrons. The number of hydrogen-bond donors (Lipinski definition) is 1. The number of nitrogens with zero attached hydrogens (tertiary/aromatic N) is 1. The Morgan fingerprint density at radius 1 is 1.12 bits per heavy atom. The van der Waals surface area contributed by atoms with Gasteiger partial charge in [0.25, 0.3) is 0 Å². The molecule has 1 aliphatic rings. The second-order valence-corrected chi connectivity index (χ2v) is 6.88. The molecule has 1 aromatic rings. The molecule has 4 nitrogen and oxygen atoms in total. The van der Waals surface area contributed by atoms with Gasteiger partial charge in [0, 0.05) is 24.7 Å². The van der Waals surface area contributed by atoms with E-state index in [4.69, 9.17) is 11.6 Å². The van der Waals surface area contributed by atoms with Gasteiger partial charge < -0.3 is 10.2 Å². The van der Waals surface area contributed by atoms with E-state index in [1.54, 1.807) is 0 Å². The molecule has 1 fully saturated rings. The van der Waals surface area contributed by atoms with E-state index in [1.165, 1.54) is 0 Å². The summed E-state index contributed by atoms with van der Waals surface area (Å²) >= 11 is 5.86. The van der Waals surface area contributed by atoms with Gasteiger partial charge in [-0.3, -0.25) is 9.59 Å². The van der Waals surface area contributed by atoms with E-state index in [2.05, 4.69) is 19.2 Å². The number of hydrogen-bond acceptors (Lipinski definition) is 2. The SMILES string of the molecule is CCCN(CCC)C(=O)C1CC1C(=O)NCCc1ccc(Cl)cc1. The smallest absolute Gasteiger partial charge is 0.226 e. The summed E-state index contributed by atoms with van der Waals surface area (Å²) in [6, 6.07) is 7.63. The van der Waals surface area contributed by atoms with Crippen molar-refractivity contribution in [1.82, 2.24) is 10.2 Å². The second-order valence-electron chi connectivity index (χ2n) is 6.44. The lowest BCUT2D eigenvalue weighted by Gasteiger charge is -2.21.